The molecule has 5 nitrogen and oxygen atoms in total. The lowest BCUT2D eigenvalue weighted by Gasteiger charge is -2.16. The quantitative estimate of drug-likeness (QED) is 0.488. The van der Waals surface area contributed by atoms with E-state index >= 15 is 0 Å². The number of carbonyl (C=O) groups excluding carboxylic acids is 2. The highest BCUT2D eigenvalue weighted by atomic mass is 16.5. The van der Waals surface area contributed by atoms with E-state index in [1.807, 2.05) is 88.4 Å². The van der Waals surface area contributed by atoms with Crippen molar-refractivity contribution in [3.05, 3.63) is 99.7 Å². The van der Waals surface area contributed by atoms with E-state index in [1.165, 1.54) is 10.5 Å². The largest absolute Gasteiger partial charge is 0.497 e. The molecule has 0 aromatic heterocycles. The van der Waals surface area contributed by atoms with E-state index in [4.69, 9.17) is 4.74 Å². The minimum absolute atomic E-state index is 0.267. The zero-order valence-corrected chi connectivity index (χ0v) is 20.4. The van der Waals surface area contributed by atoms with Crippen molar-refractivity contribution in [1.82, 2.24) is 4.90 Å². The monoisotopic (exact) mass is 454 g/mol. The number of aryl methyl sites for hydroxylation is 4. The first-order valence-electron chi connectivity index (χ1n) is 11.4. The number of carbonyl (C=O) groups is 2. The Morgan fingerprint density at radius 1 is 0.794 bits per heavy atom. The van der Waals surface area contributed by atoms with Gasteiger partial charge in [-0.3, -0.25) is 14.5 Å². The SMILES string of the molecule is COc1ccc(CCN2C(=O)C(Nc3ccc(C)c(C)c3)=C(c3ccc(C)cc3C)C2=O)cc1. The summed E-state index contributed by atoms with van der Waals surface area (Å²) < 4.78 is 5.22. The first-order valence-corrected chi connectivity index (χ1v) is 11.4. The maximum Gasteiger partial charge on any atom is 0.278 e. The summed E-state index contributed by atoms with van der Waals surface area (Å²) in [6.45, 7) is 8.37. The minimum atomic E-state index is -0.299. The van der Waals surface area contributed by atoms with Crippen LogP contribution in [0.25, 0.3) is 5.57 Å². The Morgan fingerprint density at radius 2 is 1.53 bits per heavy atom. The molecule has 0 atom stereocenters. The average Bonchev–Trinajstić information content (AvgIpc) is 3.04. The molecule has 2 amide bonds. The van der Waals surface area contributed by atoms with Crippen LogP contribution in [0.1, 0.15) is 33.4 Å². The Morgan fingerprint density at radius 3 is 2.18 bits per heavy atom. The molecule has 4 rings (SSSR count). The zero-order chi connectivity index (χ0) is 24.4. The molecule has 3 aromatic carbocycles. The number of benzene rings is 3. The van der Waals surface area contributed by atoms with Crippen LogP contribution in [0.3, 0.4) is 0 Å². The number of rotatable bonds is 7. The van der Waals surface area contributed by atoms with Crippen molar-refractivity contribution < 1.29 is 14.3 Å². The van der Waals surface area contributed by atoms with Gasteiger partial charge in [-0.05, 0) is 86.2 Å². The Kier molecular flexibility index (Phi) is 6.55. The first-order chi connectivity index (χ1) is 16.3. The molecule has 0 fully saturated rings. The molecule has 1 aliphatic rings. The van der Waals surface area contributed by atoms with E-state index in [-0.39, 0.29) is 11.8 Å². The van der Waals surface area contributed by atoms with Crippen molar-refractivity contribution in [2.45, 2.75) is 34.1 Å². The molecule has 174 valence electrons. The van der Waals surface area contributed by atoms with Gasteiger partial charge in [0.05, 0.1) is 12.7 Å². The second-order valence-electron chi connectivity index (χ2n) is 8.85. The van der Waals surface area contributed by atoms with Gasteiger partial charge in [0, 0.05) is 12.2 Å². The number of imide groups is 1. The van der Waals surface area contributed by atoms with E-state index in [2.05, 4.69) is 5.32 Å². The van der Waals surface area contributed by atoms with E-state index in [0.29, 0.717) is 24.2 Å². The fraction of sp³-hybridized carbons (Fsp3) is 0.241. The third kappa shape index (κ3) is 4.60. The van der Waals surface area contributed by atoms with Crippen LogP contribution in [0.15, 0.2) is 66.4 Å². The topological polar surface area (TPSA) is 58.6 Å². The van der Waals surface area contributed by atoms with Crippen LogP contribution in [-0.4, -0.2) is 30.4 Å². The summed E-state index contributed by atoms with van der Waals surface area (Å²) in [6, 6.07) is 19.6. The van der Waals surface area contributed by atoms with Crippen molar-refractivity contribution in [2.75, 3.05) is 19.0 Å². The third-order valence-electron chi connectivity index (χ3n) is 6.38. The molecule has 0 unspecified atom stereocenters. The molecule has 0 saturated heterocycles. The van der Waals surface area contributed by atoms with E-state index in [0.717, 1.165) is 39.3 Å². The number of amides is 2. The molecule has 0 spiro atoms. The smallest absolute Gasteiger partial charge is 0.278 e. The zero-order valence-electron chi connectivity index (χ0n) is 20.4. The summed E-state index contributed by atoms with van der Waals surface area (Å²) in [5.41, 5.74) is 7.72. The number of nitrogens with one attached hydrogen (secondary N) is 1. The molecule has 3 aromatic rings. The molecule has 0 radical (unpaired) electrons. The fourth-order valence-electron chi connectivity index (χ4n) is 4.24. The van der Waals surface area contributed by atoms with Crippen molar-refractivity contribution in [3.63, 3.8) is 0 Å². The highest BCUT2D eigenvalue weighted by Crippen LogP contribution is 2.33. The van der Waals surface area contributed by atoms with Crippen LogP contribution in [0.4, 0.5) is 5.69 Å². The molecule has 5 heteroatoms. The highest BCUT2D eigenvalue weighted by Gasteiger charge is 2.39. The predicted octanol–water partition coefficient (Wildman–Crippen LogP) is 5.36. The lowest BCUT2D eigenvalue weighted by atomic mass is 9.97. The van der Waals surface area contributed by atoms with Crippen molar-refractivity contribution in [2.24, 2.45) is 0 Å². The molecule has 34 heavy (non-hydrogen) atoms. The molecular weight excluding hydrogens is 424 g/mol. The fourth-order valence-corrected chi connectivity index (χ4v) is 4.24. The Hall–Kier alpha value is -3.86. The summed E-state index contributed by atoms with van der Waals surface area (Å²) in [7, 11) is 1.63. The van der Waals surface area contributed by atoms with Crippen LogP contribution in [0, 0.1) is 27.7 Å². The normalized spacial score (nSPS) is 13.6. The number of ether oxygens (including phenoxy) is 1. The van der Waals surface area contributed by atoms with Crippen molar-refractivity contribution in [3.8, 4) is 5.75 Å². The van der Waals surface area contributed by atoms with Gasteiger partial charge < -0.3 is 10.1 Å². The van der Waals surface area contributed by atoms with Crippen LogP contribution in [0.5, 0.6) is 5.75 Å². The number of hydrogen-bond donors (Lipinski definition) is 1. The molecule has 1 N–H and O–H groups in total. The molecule has 0 bridgehead atoms. The Balaban J connectivity index is 1.68. The van der Waals surface area contributed by atoms with Gasteiger partial charge in [-0.15, -0.1) is 0 Å². The van der Waals surface area contributed by atoms with Gasteiger partial charge in [0.15, 0.2) is 0 Å². The first kappa shape index (κ1) is 23.3. The second-order valence-corrected chi connectivity index (χ2v) is 8.85. The average molecular weight is 455 g/mol. The lowest BCUT2D eigenvalue weighted by molar-refractivity contribution is -0.136. The molecule has 1 aliphatic heterocycles. The van der Waals surface area contributed by atoms with Gasteiger partial charge in [-0.25, -0.2) is 0 Å². The molecular formula is C29H30N2O3. The van der Waals surface area contributed by atoms with Crippen LogP contribution in [-0.2, 0) is 16.0 Å². The third-order valence-corrected chi connectivity index (χ3v) is 6.38. The second kappa shape index (κ2) is 9.56. The van der Waals surface area contributed by atoms with E-state index in [9.17, 15) is 9.59 Å². The Labute approximate surface area is 201 Å². The van der Waals surface area contributed by atoms with Gasteiger partial charge >= 0.3 is 0 Å². The lowest BCUT2D eigenvalue weighted by Crippen LogP contribution is -2.34. The van der Waals surface area contributed by atoms with Gasteiger partial charge in [0.1, 0.15) is 11.4 Å². The van der Waals surface area contributed by atoms with Crippen LogP contribution in [0.2, 0.25) is 0 Å². The van der Waals surface area contributed by atoms with Crippen LogP contribution >= 0.6 is 0 Å². The van der Waals surface area contributed by atoms with E-state index in [1.54, 1.807) is 7.11 Å². The van der Waals surface area contributed by atoms with Gasteiger partial charge in [0.25, 0.3) is 11.8 Å². The maximum atomic E-state index is 13.6. The summed E-state index contributed by atoms with van der Waals surface area (Å²) >= 11 is 0. The van der Waals surface area contributed by atoms with Gasteiger partial charge in [-0.2, -0.15) is 0 Å². The van der Waals surface area contributed by atoms with Gasteiger partial charge in [-0.1, -0.05) is 42.0 Å². The summed E-state index contributed by atoms with van der Waals surface area (Å²) in [6.07, 6.45) is 0.568. The highest BCUT2D eigenvalue weighted by molar-refractivity contribution is 6.36. The van der Waals surface area contributed by atoms with Gasteiger partial charge in [0.2, 0.25) is 0 Å². The predicted molar refractivity (Wildman–Crippen MR) is 136 cm³/mol. The summed E-state index contributed by atoms with van der Waals surface area (Å²) in [4.78, 5) is 28.5. The molecule has 0 saturated carbocycles. The maximum absolute atomic E-state index is 13.6. The number of anilines is 1. The standard InChI is InChI=1S/C29H30N2O3/c1-18-6-13-25(21(4)16-18)26-27(30-23-10-7-19(2)20(3)17-23)29(33)31(28(26)32)15-14-22-8-11-24(34-5)12-9-22/h6-13,16-17,30H,14-15H2,1-5H3. The number of hydrogen-bond acceptors (Lipinski definition) is 4. The Bertz CT molecular complexity index is 1290. The van der Waals surface area contributed by atoms with Crippen molar-refractivity contribution in [1.29, 1.82) is 0 Å². The molecule has 1 heterocycles. The van der Waals surface area contributed by atoms with Crippen molar-refractivity contribution >= 4 is 23.1 Å². The molecule has 0 aliphatic carbocycles. The summed E-state index contributed by atoms with van der Waals surface area (Å²) in [5.74, 6) is 0.208. The summed E-state index contributed by atoms with van der Waals surface area (Å²) in [5, 5.41) is 3.27. The number of methoxy groups -OCH3 is 1. The van der Waals surface area contributed by atoms with E-state index < -0.39 is 0 Å². The minimum Gasteiger partial charge on any atom is -0.497 e. The van der Waals surface area contributed by atoms with Crippen LogP contribution < -0.4 is 10.1 Å². The number of nitrogens with zero attached hydrogens (tertiary/aromatic N) is 1.